The Morgan fingerprint density at radius 3 is 2.26 bits per heavy atom. The predicted molar refractivity (Wildman–Crippen MR) is 115 cm³/mol. The van der Waals surface area contributed by atoms with Gasteiger partial charge in [-0.1, -0.05) is 41.4 Å². The molecule has 156 valence electrons. The Labute approximate surface area is 188 Å². The summed E-state index contributed by atoms with van der Waals surface area (Å²) in [4.78, 5) is 40.5. The van der Waals surface area contributed by atoms with E-state index in [1.807, 2.05) is 0 Å². The third-order valence-electron chi connectivity index (χ3n) is 7.10. The van der Waals surface area contributed by atoms with Crippen molar-refractivity contribution < 1.29 is 19.1 Å². The van der Waals surface area contributed by atoms with Gasteiger partial charge in [-0.3, -0.25) is 9.59 Å². The highest BCUT2D eigenvalue weighted by atomic mass is 35.5. The number of esters is 1. The molecule has 7 rings (SSSR count). The molecular formula is C24H17Cl2NO4. The van der Waals surface area contributed by atoms with Crippen molar-refractivity contribution in [2.24, 2.45) is 35.5 Å². The van der Waals surface area contributed by atoms with Gasteiger partial charge >= 0.3 is 5.97 Å². The van der Waals surface area contributed by atoms with Gasteiger partial charge in [0.1, 0.15) is 5.75 Å². The Bertz CT molecular complexity index is 1160. The first-order valence-electron chi connectivity index (χ1n) is 10.3. The smallest absolute Gasteiger partial charge is 0.343 e. The van der Waals surface area contributed by atoms with Crippen molar-refractivity contribution in [3.05, 3.63) is 70.2 Å². The average Bonchev–Trinajstić information content (AvgIpc) is 3.53. The highest BCUT2D eigenvalue weighted by Gasteiger charge is 2.67. The highest BCUT2D eigenvalue weighted by molar-refractivity contribution is 6.35. The number of ether oxygens (including phenoxy) is 1. The zero-order valence-corrected chi connectivity index (χ0v) is 17.7. The number of carbonyl (C=O) groups excluding carboxylic acids is 3. The topological polar surface area (TPSA) is 63.7 Å². The SMILES string of the molecule is O=C(Oc1ccc(Cl)cc1Cl)c1cccc(N2C(=O)[C@@H]3[C@H]4C=C[C@@H]([C@@H]5C[C@@H]45)[C@@H]3C2=O)c1. The zero-order chi connectivity index (χ0) is 21.4. The molecule has 0 unspecified atom stereocenters. The van der Waals surface area contributed by atoms with Crippen LogP contribution in [-0.4, -0.2) is 17.8 Å². The summed E-state index contributed by atoms with van der Waals surface area (Å²) in [5, 5.41) is 0.646. The van der Waals surface area contributed by atoms with Gasteiger partial charge in [0.15, 0.2) is 0 Å². The summed E-state index contributed by atoms with van der Waals surface area (Å²) in [6.45, 7) is 0. The lowest BCUT2D eigenvalue weighted by atomic mass is 9.63. The Morgan fingerprint density at radius 2 is 1.61 bits per heavy atom. The second-order valence-electron chi connectivity index (χ2n) is 8.68. The van der Waals surface area contributed by atoms with Crippen LogP contribution in [0.4, 0.5) is 5.69 Å². The minimum Gasteiger partial charge on any atom is -0.421 e. The lowest BCUT2D eigenvalue weighted by Crippen LogP contribution is -2.40. The van der Waals surface area contributed by atoms with Crippen LogP contribution < -0.4 is 9.64 Å². The predicted octanol–water partition coefficient (Wildman–Crippen LogP) is 4.77. The number of rotatable bonds is 3. The first kappa shape index (κ1) is 19.1. The van der Waals surface area contributed by atoms with E-state index >= 15 is 0 Å². The zero-order valence-electron chi connectivity index (χ0n) is 16.2. The lowest BCUT2D eigenvalue weighted by molar-refractivity contribution is -0.124. The molecule has 0 spiro atoms. The van der Waals surface area contributed by atoms with Gasteiger partial charge in [-0.15, -0.1) is 0 Å². The van der Waals surface area contributed by atoms with Crippen molar-refractivity contribution in [3.8, 4) is 5.75 Å². The average molecular weight is 454 g/mol. The van der Waals surface area contributed by atoms with Gasteiger partial charge in [0.25, 0.3) is 0 Å². The van der Waals surface area contributed by atoms with Crippen LogP contribution in [0.5, 0.6) is 5.75 Å². The molecule has 1 heterocycles. The fourth-order valence-corrected chi connectivity index (χ4v) is 6.15. The molecule has 0 N–H and O–H groups in total. The minimum atomic E-state index is -0.634. The van der Waals surface area contributed by atoms with E-state index in [9.17, 15) is 14.4 Å². The van der Waals surface area contributed by atoms with Crippen molar-refractivity contribution >= 4 is 46.7 Å². The molecule has 2 aromatic rings. The summed E-state index contributed by atoms with van der Waals surface area (Å²) in [6.07, 6.45) is 5.39. The van der Waals surface area contributed by atoms with Gasteiger partial charge < -0.3 is 4.74 Å². The summed E-state index contributed by atoms with van der Waals surface area (Å²) in [7, 11) is 0. The van der Waals surface area contributed by atoms with Crippen LogP contribution in [0.15, 0.2) is 54.6 Å². The molecule has 4 aliphatic carbocycles. The van der Waals surface area contributed by atoms with Crippen LogP contribution >= 0.6 is 23.2 Å². The van der Waals surface area contributed by atoms with Crippen molar-refractivity contribution in [1.82, 2.24) is 0 Å². The number of amides is 2. The van der Waals surface area contributed by atoms with E-state index in [0.29, 0.717) is 22.5 Å². The number of allylic oxidation sites excluding steroid dienone is 2. The summed E-state index contributed by atoms with van der Waals surface area (Å²) in [5.74, 6) is 0.0507. The summed E-state index contributed by atoms with van der Waals surface area (Å²) in [5.41, 5.74) is 0.622. The van der Waals surface area contributed by atoms with E-state index in [1.165, 1.54) is 23.1 Å². The van der Waals surface area contributed by atoms with Crippen LogP contribution in [-0.2, 0) is 9.59 Å². The molecular weight excluding hydrogens is 437 g/mol. The third kappa shape index (κ3) is 2.80. The monoisotopic (exact) mass is 453 g/mol. The molecule has 0 radical (unpaired) electrons. The summed E-state index contributed by atoms with van der Waals surface area (Å²) in [6, 6.07) is 11.0. The standard InChI is InChI=1S/C24H17Cl2NO4/c25-12-4-7-19(18(26)9-12)31-24(30)11-2-1-3-13(8-11)27-22(28)20-14-5-6-15(17-10-16(14)17)21(20)23(27)29/h1-9,14-17,20-21H,10H2/t14-,15-,16-,17-,20-,21+/m0/s1. The number of benzene rings is 2. The van der Waals surface area contributed by atoms with Gasteiger partial charge in [0, 0.05) is 5.02 Å². The Kier molecular flexibility index (Phi) is 4.11. The van der Waals surface area contributed by atoms with Crippen LogP contribution in [0.3, 0.4) is 0 Å². The van der Waals surface area contributed by atoms with Gasteiger partial charge in [0.2, 0.25) is 11.8 Å². The third-order valence-corrected chi connectivity index (χ3v) is 7.63. The molecule has 6 atom stereocenters. The summed E-state index contributed by atoms with van der Waals surface area (Å²) < 4.78 is 5.39. The number of nitrogens with zero attached hydrogens (tertiary/aromatic N) is 1. The van der Waals surface area contributed by atoms with Crippen molar-refractivity contribution in [1.29, 1.82) is 0 Å². The number of anilines is 1. The van der Waals surface area contributed by atoms with Crippen molar-refractivity contribution in [2.45, 2.75) is 6.42 Å². The minimum absolute atomic E-state index is 0.154. The molecule has 2 bridgehead atoms. The fourth-order valence-electron chi connectivity index (χ4n) is 5.70. The van der Waals surface area contributed by atoms with E-state index in [2.05, 4.69) is 12.2 Å². The Balaban J connectivity index is 1.28. The first-order chi connectivity index (χ1) is 14.9. The largest absolute Gasteiger partial charge is 0.421 e. The molecule has 5 aliphatic rings. The molecule has 2 saturated carbocycles. The van der Waals surface area contributed by atoms with Crippen molar-refractivity contribution in [3.63, 3.8) is 0 Å². The normalized spacial score (nSPS) is 32.1. The maximum Gasteiger partial charge on any atom is 0.343 e. The molecule has 31 heavy (non-hydrogen) atoms. The number of imide groups is 1. The van der Waals surface area contributed by atoms with Crippen LogP contribution in [0.1, 0.15) is 16.8 Å². The number of halogens is 2. The molecule has 2 aromatic carbocycles. The van der Waals surface area contributed by atoms with E-state index < -0.39 is 5.97 Å². The molecule has 3 fully saturated rings. The lowest BCUT2D eigenvalue weighted by Gasteiger charge is -2.37. The van der Waals surface area contributed by atoms with E-state index in [0.717, 1.165) is 6.42 Å². The number of hydrogen-bond acceptors (Lipinski definition) is 4. The van der Waals surface area contributed by atoms with Crippen LogP contribution in [0, 0.1) is 35.5 Å². The van der Waals surface area contributed by atoms with Gasteiger partial charge in [-0.2, -0.15) is 0 Å². The molecule has 0 aromatic heterocycles. The molecule has 5 nitrogen and oxygen atoms in total. The van der Waals surface area contributed by atoms with Gasteiger partial charge in [-0.05, 0) is 66.5 Å². The first-order valence-corrected chi connectivity index (χ1v) is 11.0. The van der Waals surface area contributed by atoms with Crippen LogP contribution in [0.2, 0.25) is 10.0 Å². The van der Waals surface area contributed by atoms with Gasteiger partial charge in [0.05, 0.1) is 28.1 Å². The second kappa shape index (κ2) is 6.68. The molecule has 2 amide bonds. The second-order valence-corrected chi connectivity index (χ2v) is 9.52. The van der Waals surface area contributed by atoms with E-state index in [1.54, 1.807) is 24.3 Å². The van der Waals surface area contributed by atoms with Gasteiger partial charge in [-0.25, -0.2) is 9.69 Å². The Hall–Kier alpha value is -2.63. The maximum atomic E-state index is 13.3. The molecule has 7 heteroatoms. The Morgan fingerprint density at radius 1 is 0.935 bits per heavy atom. The van der Waals surface area contributed by atoms with E-state index in [-0.39, 0.29) is 51.8 Å². The number of carbonyl (C=O) groups is 3. The number of hydrogen-bond donors (Lipinski definition) is 0. The van der Waals surface area contributed by atoms with E-state index in [4.69, 9.17) is 27.9 Å². The van der Waals surface area contributed by atoms with Crippen molar-refractivity contribution in [2.75, 3.05) is 4.90 Å². The van der Waals surface area contributed by atoms with Crippen LogP contribution in [0.25, 0.3) is 0 Å². The molecule has 1 aliphatic heterocycles. The summed E-state index contributed by atoms with van der Waals surface area (Å²) >= 11 is 12.0. The maximum absolute atomic E-state index is 13.3. The molecule has 1 saturated heterocycles. The fraction of sp³-hybridized carbons (Fsp3) is 0.292. The quantitative estimate of drug-likeness (QED) is 0.290. The highest BCUT2D eigenvalue weighted by Crippen LogP contribution is 2.65.